The number of hydrogen-bond acceptors (Lipinski definition) is 4. The first-order valence-corrected chi connectivity index (χ1v) is 6.92. The van der Waals surface area contributed by atoms with E-state index in [0.29, 0.717) is 24.5 Å². The Morgan fingerprint density at radius 3 is 2.80 bits per heavy atom. The van der Waals surface area contributed by atoms with E-state index in [1.54, 1.807) is 14.2 Å². The average Bonchev–Trinajstić information content (AvgIpc) is 2.48. The van der Waals surface area contributed by atoms with Crippen molar-refractivity contribution in [2.45, 2.75) is 26.3 Å². The van der Waals surface area contributed by atoms with Crippen molar-refractivity contribution in [3.05, 3.63) is 23.8 Å². The highest BCUT2D eigenvalue weighted by Gasteiger charge is 2.11. The molecule has 0 saturated carbocycles. The van der Waals surface area contributed by atoms with Crippen molar-refractivity contribution >= 4 is 5.91 Å². The summed E-state index contributed by atoms with van der Waals surface area (Å²) in [5, 5.41) is 5.91. The number of nitrogens with one attached hydrogen (secondary N) is 2. The van der Waals surface area contributed by atoms with E-state index in [2.05, 4.69) is 17.6 Å². The molecule has 0 aliphatic carbocycles. The maximum absolute atomic E-state index is 11.2. The van der Waals surface area contributed by atoms with Crippen LogP contribution in [-0.2, 0) is 11.3 Å². The summed E-state index contributed by atoms with van der Waals surface area (Å²) in [6, 6.07) is 5.80. The van der Waals surface area contributed by atoms with E-state index < -0.39 is 0 Å². The lowest BCUT2D eigenvalue weighted by Gasteiger charge is -2.15. The molecule has 0 bridgehead atoms. The van der Waals surface area contributed by atoms with Crippen LogP contribution in [0, 0.1) is 0 Å². The third-order valence-corrected chi connectivity index (χ3v) is 2.88. The maximum Gasteiger partial charge on any atom is 0.223 e. The Hall–Kier alpha value is -1.75. The van der Waals surface area contributed by atoms with Crippen molar-refractivity contribution in [1.29, 1.82) is 0 Å². The van der Waals surface area contributed by atoms with Crippen LogP contribution in [0.2, 0.25) is 0 Å². The fourth-order valence-corrected chi connectivity index (χ4v) is 1.80. The van der Waals surface area contributed by atoms with Gasteiger partial charge in [-0.05, 0) is 19.0 Å². The molecule has 5 heteroatoms. The maximum atomic E-state index is 11.2. The highest BCUT2D eigenvalue weighted by Crippen LogP contribution is 2.31. The van der Waals surface area contributed by atoms with Gasteiger partial charge in [0.2, 0.25) is 5.91 Å². The van der Waals surface area contributed by atoms with Crippen LogP contribution in [0.25, 0.3) is 0 Å². The van der Waals surface area contributed by atoms with Gasteiger partial charge in [-0.1, -0.05) is 19.1 Å². The Labute approximate surface area is 120 Å². The van der Waals surface area contributed by atoms with Crippen molar-refractivity contribution in [3.63, 3.8) is 0 Å². The Kier molecular flexibility index (Phi) is 7.50. The number of hydrogen-bond donors (Lipinski definition) is 2. The highest BCUT2D eigenvalue weighted by atomic mass is 16.5. The summed E-state index contributed by atoms with van der Waals surface area (Å²) in [7, 11) is 3.23. The number of rotatable bonds is 9. The molecule has 5 nitrogen and oxygen atoms in total. The predicted molar refractivity (Wildman–Crippen MR) is 79.2 cm³/mol. The minimum atomic E-state index is -0.0365. The van der Waals surface area contributed by atoms with Gasteiger partial charge in [0.25, 0.3) is 0 Å². The minimum Gasteiger partial charge on any atom is -0.493 e. The van der Waals surface area contributed by atoms with Crippen LogP contribution in [0.1, 0.15) is 25.3 Å². The van der Waals surface area contributed by atoms with Gasteiger partial charge in [0.15, 0.2) is 11.5 Å². The molecule has 0 aliphatic rings. The summed E-state index contributed by atoms with van der Waals surface area (Å²) in [6.07, 6.45) is 1.41. The quantitative estimate of drug-likeness (QED) is 0.676. The highest BCUT2D eigenvalue weighted by molar-refractivity contribution is 5.75. The zero-order valence-electron chi connectivity index (χ0n) is 12.5. The molecule has 0 atom stereocenters. The molecule has 112 valence electrons. The van der Waals surface area contributed by atoms with Crippen molar-refractivity contribution < 1.29 is 14.3 Å². The van der Waals surface area contributed by atoms with Gasteiger partial charge in [-0.15, -0.1) is 0 Å². The first-order chi connectivity index (χ1) is 9.72. The second-order valence-corrected chi connectivity index (χ2v) is 4.40. The van der Waals surface area contributed by atoms with E-state index in [-0.39, 0.29) is 5.91 Å². The molecule has 0 fully saturated rings. The zero-order valence-corrected chi connectivity index (χ0v) is 12.5. The normalized spacial score (nSPS) is 10.2. The molecule has 1 rings (SSSR count). The Morgan fingerprint density at radius 1 is 1.35 bits per heavy atom. The molecule has 0 aliphatic heterocycles. The van der Waals surface area contributed by atoms with E-state index >= 15 is 0 Å². The fourth-order valence-electron chi connectivity index (χ4n) is 1.80. The van der Waals surface area contributed by atoms with Crippen molar-refractivity contribution in [2.24, 2.45) is 0 Å². The lowest BCUT2D eigenvalue weighted by atomic mass is 10.2. The molecule has 0 saturated heterocycles. The second-order valence-electron chi connectivity index (χ2n) is 4.40. The number of benzene rings is 1. The first kappa shape index (κ1) is 16.3. The largest absolute Gasteiger partial charge is 0.493 e. The van der Waals surface area contributed by atoms with Gasteiger partial charge in [0.05, 0.1) is 20.1 Å². The third kappa shape index (κ3) is 5.09. The monoisotopic (exact) mass is 280 g/mol. The smallest absolute Gasteiger partial charge is 0.223 e. The number of methoxy groups -OCH3 is 1. The topological polar surface area (TPSA) is 59.6 Å². The SMILES string of the molecule is CCCNCc1cccc(OC)c1OCCC(=O)NC. The predicted octanol–water partition coefficient (Wildman–Crippen LogP) is 1.71. The number of ether oxygens (including phenoxy) is 2. The summed E-state index contributed by atoms with van der Waals surface area (Å²) >= 11 is 0. The van der Waals surface area contributed by atoms with Gasteiger partial charge in [-0.3, -0.25) is 4.79 Å². The summed E-state index contributed by atoms with van der Waals surface area (Å²) < 4.78 is 11.1. The molecule has 2 N–H and O–H groups in total. The van der Waals surface area contributed by atoms with Crippen molar-refractivity contribution in [3.8, 4) is 11.5 Å². The molecule has 1 amide bonds. The molecule has 0 unspecified atom stereocenters. The van der Waals surface area contributed by atoms with E-state index in [1.165, 1.54) is 0 Å². The van der Waals surface area contributed by atoms with Gasteiger partial charge < -0.3 is 20.1 Å². The minimum absolute atomic E-state index is 0.0365. The van der Waals surface area contributed by atoms with E-state index in [9.17, 15) is 4.79 Å². The molecule has 1 aromatic carbocycles. The standard InChI is InChI=1S/C15H24N2O3/c1-4-9-17-11-12-6-5-7-13(19-3)15(12)20-10-8-14(18)16-2/h5-7,17H,4,8-11H2,1-3H3,(H,16,18). The molecular weight excluding hydrogens is 256 g/mol. The lowest BCUT2D eigenvalue weighted by molar-refractivity contribution is -0.121. The van der Waals surface area contributed by atoms with Gasteiger partial charge in [-0.2, -0.15) is 0 Å². The molecule has 0 radical (unpaired) electrons. The molecule has 0 aromatic heterocycles. The summed E-state index contributed by atoms with van der Waals surface area (Å²) in [5.41, 5.74) is 1.04. The van der Waals surface area contributed by atoms with Gasteiger partial charge in [0.1, 0.15) is 0 Å². The molecule has 1 aromatic rings. The van der Waals surface area contributed by atoms with Crippen LogP contribution in [0.5, 0.6) is 11.5 Å². The van der Waals surface area contributed by atoms with E-state index in [4.69, 9.17) is 9.47 Å². The molecule has 0 heterocycles. The molecular formula is C15H24N2O3. The van der Waals surface area contributed by atoms with Gasteiger partial charge >= 0.3 is 0 Å². The van der Waals surface area contributed by atoms with Gasteiger partial charge in [-0.25, -0.2) is 0 Å². The lowest BCUT2D eigenvalue weighted by Crippen LogP contribution is -2.20. The van der Waals surface area contributed by atoms with E-state index in [1.807, 2.05) is 18.2 Å². The number of amides is 1. The Morgan fingerprint density at radius 2 is 2.15 bits per heavy atom. The number of carbonyl (C=O) groups is 1. The van der Waals surface area contributed by atoms with Crippen LogP contribution >= 0.6 is 0 Å². The third-order valence-electron chi connectivity index (χ3n) is 2.88. The first-order valence-electron chi connectivity index (χ1n) is 6.92. The van der Waals surface area contributed by atoms with Crippen molar-refractivity contribution in [1.82, 2.24) is 10.6 Å². The van der Waals surface area contributed by atoms with Crippen LogP contribution < -0.4 is 20.1 Å². The number of para-hydroxylation sites is 1. The summed E-state index contributed by atoms with van der Waals surface area (Å²) in [4.78, 5) is 11.2. The average molecular weight is 280 g/mol. The molecule has 0 spiro atoms. The summed E-state index contributed by atoms with van der Waals surface area (Å²) in [5.74, 6) is 1.37. The van der Waals surface area contributed by atoms with Crippen molar-refractivity contribution in [2.75, 3.05) is 27.3 Å². The number of carbonyl (C=O) groups excluding carboxylic acids is 1. The van der Waals surface area contributed by atoms with Crippen LogP contribution in [-0.4, -0.2) is 33.2 Å². The van der Waals surface area contributed by atoms with Crippen LogP contribution in [0.3, 0.4) is 0 Å². The summed E-state index contributed by atoms with van der Waals surface area (Å²) in [6.45, 7) is 4.13. The van der Waals surface area contributed by atoms with Crippen LogP contribution in [0.15, 0.2) is 18.2 Å². The Bertz CT molecular complexity index is 422. The van der Waals surface area contributed by atoms with Crippen LogP contribution in [0.4, 0.5) is 0 Å². The Balaban J connectivity index is 2.70. The van der Waals surface area contributed by atoms with E-state index in [0.717, 1.165) is 25.1 Å². The van der Waals surface area contributed by atoms with Gasteiger partial charge in [0, 0.05) is 19.2 Å². The fraction of sp³-hybridized carbons (Fsp3) is 0.533. The second kappa shape index (κ2) is 9.20. The zero-order chi connectivity index (χ0) is 14.8. The molecule has 20 heavy (non-hydrogen) atoms.